The van der Waals surface area contributed by atoms with E-state index in [2.05, 4.69) is 15.3 Å². The fourth-order valence-corrected chi connectivity index (χ4v) is 2.31. The molecular formula is C15H14F3N5. The summed E-state index contributed by atoms with van der Waals surface area (Å²) < 4.78 is 41.6. The fourth-order valence-electron chi connectivity index (χ4n) is 2.31. The Morgan fingerprint density at radius 2 is 2.04 bits per heavy atom. The van der Waals surface area contributed by atoms with Gasteiger partial charge in [0, 0.05) is 18.9 Å². The summed E-state index contributed by atoms with van der Waals surface area (Å²) >= 11 is 0. The third-order valence-corrected chi connectivity index (χ3v) is 3.42. The Morgan fingerprint density at radius 1 is 1.22 bits per heavy atom. The van der Waals surface area contributed by atoms with Crippen molar-refractivity contribution in [3.8, 4) is 11.5 Å². The SMILES string of the molecule is CCn1ccnc1-c1cn(Cc2cccc(C(F)(F)F)c2)nn1. The highest BCUT2D eigenvalue weighted by Crippen LogP contribution is 2.29. The maximum Gasteiger partial charge on any atom is 0.416 e. The lowest BCUT2D eigenvalue weighted by Gasteiger charge is -2.08. The molecule has 3 aromatic rings. The van der Waals surface area contributed by atoms with Crippen molar-refractivity contribution in [1.29, 1.82) is 0 Å². The number of halogens is 3. The molecule has 0 atom stereocenters. The second-order valence-electron chi connectivity index (χ2n) is 5.04. The molecule has 8 heteroatoms. The van der Waals surface area contributed by atoms with Crippen LogP contribution in [0.1, 0.15) is 18.1 Å². The van der Waals surface area contributed by atoms with E-state index in [1.165, 1.54) is 10.7 Å². The first-order valence-corrected chi connectivity index (χ1v) is 7.05. The first-order valence-electron chi connectivity index (χ1n) is 7.05. The van der Waals surface area contributed by atoms with Crippen LogP contribution >= 0.6 is 0 Å². The summed E-state index contributed by atoms with van der Waals surface area (Å²) in [5.74, 6) is 0.683. The van der Waals surface area contributed by atoms with Crippen molar-refractivity contribution in [1.82, 2.24) is 24.5 Å². The lowest BCUT2D eigenvalue weighted by Crippen LogP contribution is -2.07. The summed E-state index contributed by atoms with van der Waals surface area (Å²) in [4.78, 5) is 4.22. The summed E-state index contributed by atoms with van der Waals surface area (Å²) in [7, 11) is 0. The van der Waals surface area contributed by atoms with Gasteiger partial charge >= 0.3 is 6.18 Å². The van der Waals surface area contributed by atoms with E-state index < -0.39 is 11.7 Å². The van der Waals surface area contributed by atoms with Crippen LogP contribution in [0.4, 0.5) is 13.2 Å². The fraction of sp³-hybridized carbons (Fsp3) is 0.267. The normalized spacial score (nSPS) is 11.8. The Kier molecular flexibility index (Phi) is 3.89. The predicted molar refractivity (Wildman–Crippen MR) is 77.5 cm³/mol. The van der Waals surface area contributed by atoms with Crippen LogP contribution in [-0.2, 0) is 19.3 Å². The van der Waals surface area contributed by atoms with Gasteiger partial charge in [0.1, 0.15) is 5.69 Å². The molecule has 0 aliphatic rings. The van der Waals surface area contributed by atoms with Gasteiger partial charge in [0.2, 0.25) is 0 Å². The van der Waals surface area contributed by atoms with Crippen LogP contribution in [0.2, 0.25) is 0 Å². The molecule has 120 valence electrons. The molecule has 0 saturated heterocycles. The average Bonchev–Trinajstić information content (AvgIpc) is 3.14. The highest BCUT2D eigenvalue weighted by Gasteiger charge is 2.30. The first kappa shape index (κ1) is 15.3. The maximum absolute atomic E-state index is 12.7. The van der Waals surface area contributed by atoms with E-state index in [4.69, 9.17) is 0 Å². The van der Waals surface area contributed by atoms with Crippen molar-refractivity contribution in [2.24, 2.45) is 0 Å². The number of imidazole rings is 1. The lowest BCUT2D eigenvalue weighted by molar-refractivity contribution is -0.137. The van der Waals surface area contributed by atoms with Gasteiger partial charge in [0.15, 0.2) is 5.82 Å². The van der Waals surface area contributed by atoms with Crippen LogP contribution in [0, 0.1) is 0 Å². The molecule has 0 aliphatic heterocycles. The molecule has 1 aromatic carbocycles. The largest absolute Gasteiger partial charge is 0.416 e. The molecule has 23 heavy (non-hydrogen) atoms. The molecule has 0 fully saturated rings. The molecule has 3 rings (SSSR count). The molecule has 5 nitrogen and oxygen atoms in total. The van der Waals surface area contributed by atoms with Gasteiger partial charge in [-0.3, -0.25) is 0 Å². The minimum atomic E-state index is -4.35. The van der Waals surface area contributed by atoms with E-state index in [0.29, 0.717) is 17.1 Å². The minimum absolute atomic E-state index is 0.212. The van der Waals surface area contributed by atoms with Crippen molar-refractivity contribution in [3.63, 3.8) is 0 Å². The van der Waals surface area contributed by atoms with E-state index in [-0.39, 0.29) is 6.54 Å². The Balaban J connectivity index is 1.82. The highest BCUT2D eigenvalue weighted by molar-refractivity contribution is 5.47. The van der Waals surface area contributed by atoms with Crippen LogP contribution in [0.3, 0.4) is 0 Å². The number of benzene rings is 1. The number of rotatable bonds is 4. The minimum Gasteiger partial charge on any atom is -0.330 e. The molecule has 0 spiro atoms. The van der Waals surface area contributed by atoms with Gasteiger partial charge < -0.3 is 4.57 Å². The summed E-state index contributed by atoms with van der Waals surface area (Å²) in [5, 5.41) is 8.01. The Labute approximate surface area is 130 Å². The van der Waals surface area contributed by atoms with E-state index in [9.17, 15) is 13.2 Å². The molecule has 0 radical (unpaired) electrons. The zero-order chi connectivity index (χ0) is 16.4. The maximum atomic E-state index is 12.7. The van der Waals surface area contributed by atoms with Gasteiger partial charge in [0.05, 0.1) is 18.3 Å². The van der Waals surface area contributed by atoms with E-state index in [1.54, 1.807) is 18.5 Å². The van der Waals surface area contributed by atoms with Crippen molar-refractivity contribution in [2.45, 2.75) is 26.2 Å². The number of aryl methyl sites for hydroxylation is 1. The topological polar surface area (TPSA) is 48.5 Å². The van der Waals surface area contributed by atoms with Gasteiger partial charge in [-0.15, -0.1) is 5.10 Å². The van der Waals surface area contributed by atoms with Gasteiger partial charge in [-0.25, -0.2) is 9.67 Å². The van der Waals surface area contributed by atoms with E-state index in [1.807, 2.05) is 17.7 Å². The van der Waals surface area contributed by atoms with Crippen LogP contribution in [0.15, 0.2) is 42.9 Å². The van der Waals surface area contributed by atoms with Crippen LogP contribution in [-0.4, -0.2) is 24.5 Å². The second-order valence-corrected chi connectivity index (χ2v) is 5.04. The molecule has 2 aromatic heterocycles. The van der Waals surface area contributed by atoms with E-state index >= 15 is 0 Å². The quantitative estimate of drug-likeness (QED) is 0.741. The monoisotopic (exact) mass is 321 g/mol. The van der Waals surface area contributed by atoms with Gasteiger partial charge in [0.25, 0.3) is 0 Å². The first-order chi connectivity index (χ1) is 11.0. The van der Waals surface area contributed by atoms with E-state index in [0.717, 1.165) is 18.7 Å². The van der Waals surface area contributed by atoms with Crippen molar-refractivity contribution >= 4 is 0 Å². The molecule has 0 amide bonds. The summed E-state index contributed by atoms with van der Waals surface area (Å²) in [6.45, 7) is 2.94. The van der Waals surface area contributed by atoms with Crippen LogP contribution in [0.25, 0.3) is 11.5 Å². The standard InChI is InChI=1S/C15H14F3N5/c1-2-22-7-6-19-14(22)13-10-23(21-20-13)9-11-4-3-5-12(8-11)15(16,17)18/h3-8,10H,2,9H2,1H3. The number of aromatic nitrogens is 5. The Morgan fingerprint density at radius 3 is 2.78 bits per heavy atom. The summed E-state index contributed by atoms with van der Waals surface area (Å²) in [6.07, 6.45) is 0.829. The van der Waals surface area contributed by atoms with Crippen molar-refractivity contribution in [3.05, 3.63) is 54.0 Å². The third-order valence-electron chi connectivity index (χ3n) is 3.42. The molecule has 0 aliphatic carbocycles. The molecule has 2 heterocycles. The van der Waals surface area contributed by atoms with Crippen molar-refractivity contribution < 1.29 is 13.2 Å². The molecule has 0 saturated carbocycles. The zero-order valence-corrected chi connectivity index (χ0v) is 12.3. The number of hydrogen-bond acceptors (Lipinski definition) is 3. The smallest absolute Gasteiger partial charge is 0.330 e. The summed E-state index contributed by atoms with van der Waals surface area (Å²) in [6, 6.07) is 5.19. The zero-order valence-electron chi connectivity index (χ0n) is 12.3. The molecule has 0 bridgehead atoms. The predicted octanol–water partition coefficient (Wildman–Crippen LogP) is 3.23. The van der Waals surface area contributed by atoms with Crippen LogP contribution in [0.5, 0.6) is 0 Å². The average molecular weight is 321 g/mol. The molecular weight excluding hydrogens is 307 g/mol. The van der Waals surface area contributed by atoms with Crippen molar-refractivity contribution in [2.75, 3.05) is 0 Å². The Bertz CT molecular complexity index is 803. The highest BCUT2D eigenvalue weighted by atomic mass is 19.4. The summed E-state index contributed by atoms with van der Waals surface area (Å²) in [5.41, 5.74) is 0.427. The van der Waals surface area contributed by atoms with Gasteiger partial charge in [-0.05, 0) is 24.6 Å². The Hall–Kier alpha value is -2.64. The lowest BCUT2D eigenvalue weighted by atomic mass is 10.1. The van der Waals surface area contributed by atoms with Crippen LogP contribution < -0.4 is 0 Å². The van der Waals surface area contributed by atoms with Gasteiger partial charge in [-0.1, -0.05) is 17.3 Å². The number of alkyl halides is 3. The number of hydrogen-bond donors (Lipinski definition) is 0. The number of nitrogens with zero attached hydrogens (tertiary/aromatic N) is 5. The molecule has 0 unspecified atom stereocenters. The second kappa shape index (κ2) is 5.86. The van der Waals surface area contributed by atoms with Gasteiger partial charge in [-0.2, -0.15) is 13.2 Å². The molecule has 0 N–H and O–H groups in total. The third kappa shape index (κ3) is 3.25.